The third-order valence-corrected chi connectivity index (χ3v) is 5.22. The van der Waals surface area contributed by atoms with Gasteiger partial charge in [-0.2, -0.15) is 0 Å². The van der Waals surface area contributed by atoms with Crippen LogP contribution in [0.4, 0.5) is 0 Å². The number of carbonyl (C=O) groups is 1. The van der Waals surface area contributed by atoms with Crippen LogP contribution in [0.25, 0.3) is 0 Å². The van der Waals surface area contributed by atoms with Crippen LogP contribution in [-0.4, -0.2) is 32.5 Å². The van der Waals surface area contributed by atoms with Crippen molar-refractivity contribution in [3.05, 3.63) is 34.3 Å². The van der Waals surface area contributed by atoms with Crippen molar-refractivity contribution in [3.8, 4) is 11.5 Å². The molecule has 128 valence electrons. The molecule has 0 atom stereocenters. The van der Waals surface area contributed by atoms with Crippen molar-refractivity contribution in [2.24, 2.45) is 0 Å². The number of hydrogen-bond acceptors (Lipinski definition) is 7. The standard InChI is InChI=1S/C14H15N3O5S2/c1-9-15-10(8-23-9)6-14(18)16-17-24(19,20)11-2-3-12-13(7-11)22-5-4-21-12/h2-3,7-8,17H,4-6H2,1H3,(H,16,18). The summed E-state index contributed by atoms with van der Waals surface area (Å²) in [5.41, 5.74) is 2.77. The topological polar surface area (TPSA) is 107 Å². The van der Waals surface area contributed by atoms with Gasteiger partial charge in [0.15, 0.2) is 11.5 Å². The average Bonchev–Trinajstić information content (AvgIpc) is 2.97. The molecule has 2 aromatic rings. The number of ether oxygens (including phenoxy) is 2. The second-order valence-corrected chi connectivity index (χ2v) is 7.74. The van der Waals surface area contributed by atoms with E-state index in [1.165, 1.54) is 29.5 Å². The number of sulfonamides is 1. The summed E-state index contributed by atoms with van der Waals surface area (Å²) >= 11 is 1.42. The normalized spacial score (nSPS) is 13.5. The molecule has 0 bridgehead atoms. The summed E-state index contributed by atoms with van der Waals surface area (Å²) < 4.78 is 35.2. The summed E-state index contributed by atoms with van der Waals surface area (Å²) in [5, 5.41) is 2.60. The molecule has 1 amide bonds. The zero-order valence-electron chi connectivity index (χ0n) is 12.7. The van der Waals surface area contributed by atoms with Crippen molar-refractivity contribution in [2.75, 3.05) is 13.2 Å². The van der Waals surface area contributed by atoms with Crippen LogP contribution in [0.1, 0.15) is 10.7 Å². The van der Waals surface area contributed by atoms with Crippen molar-refractivity contribution in [3.63, 3.8) is 0 Å². The molecule has 2 heterocycles. The molecule has 0 unspecified atom stereocenters. The van der Waals surface area contributed by atoms with Crippen LogP contribution in [0.15, 0.2) is 28.5 Å². The maximum absolute atomic E-state index is 12.2. The van der Waals surface area contributed by atoms with Gasteiger partial charge in [-0.3, -0.25) is 10.2 Å². The van der Waals surface area contributed by atoms with Crippen LogP contribution >= 0.6 is 11.3 Å². The first-order valence-electron chi connectivity index (χ1n) is 7.05. The molecule has 24 heavy (non-hydrogen) atoms. The lowest BCUT2D eigenvalue weighted by Crippen LogP contribution is -2.42. The van der Waals surface area contributed by atoms with E-state index in [1.807, 2.05) is 6.92 Å². The third-order valence-electron chi connectivity index (χ3n) is 3.16. The van der Waals surface area contributed by atoms with E-state index in [-0.39, 0.29) is 11.3 Å². The number of nitrogens with one attached hydrogen (secondary N) is 2. The zero-order chi connectivity index (χ0) is 17.2. The number of thiazole rings is 1. The summed E-state index contributed by atoms with van der Waals surface area (Å²) in [7, 11) is -3.91. The van der Waals surface area contributed by atoms with Gasteiger partial charge < -0.3 is 9.47 Å². The van der Waals surface area contributed by atoms with E-state index in [0.29, 0.717) is 30.4 Å². The molecular weight excluding hydrogens is 354 g/mol. The van der Waals surface area contributed by atoms with Crippen molar-refractivity contribution in [1.29, 1.82) is 0 Å². The molecule has 0 radical (unpaired) electrons. The first-order chi connectivity index (χ1) is 11.4. The molecular formula is C14H15N3O5S2. The van der Waals surface area contributed by atoms with E-state index in [0.717, 1.165) is 5.01 Å². The second kappa shape index (κ2) is 6.75. The van der Waals surface area contributed by atoms with Crippen LogP contribution in [0.2, 0.25) is 0 Å². The Morgan fingerprint density at radius 2 is 2.04 bits per heavy atom. The van der Waals surface area contributed by atoms with Crippen LogP contribution < -0.4 is 19.7 Å². The van der Waals surface area contributed by atoms with Crippen molar-refractivity contribution in [1.82, 2.24) is 15.2 Å². The van der Waals surface area contributed by atoms with Gasteiger partial charge in [-0.1, -0.05) is 0 Å². The number of amides is 1. The molecule has 0 spiro atoms. The highest BCUT2D eigenvalue weighted by Crippen LogP contribution is 2.31. The molecule has 8 nitrogen and oxygen atoms in total. The molecule has 0 fully saturated rings. The van der Waals surface area contributed by atoms with Gasteiger partial charge in [-0.05, 0) is 19.1 Å². The molecule has 1 aliphatic rings. The number of rotatable bonds is 5. The third kappa shape index (κ3) is 3.83. The highest BCUT2D eigenvalue weighted by atomic mass is 32.2. The van der Waals surface area contributed by atoms with E-state index >= 15 is 0 Å². The molecule has 0 saturated heterocycles. The summed E-state index contributed by atoms with van der Waals surface area (Å²) in [4.78, 5) is 18.0. The average molecular weight is 369 g/mol. The Morgan fingerprint density at radius 3 is 2.75 bits per heavy atom. The van der Waals surface area contributed by atoms with Crippen LogP contribution in [-0.2, 0) is 21.2 Å². The lowest BCUT2D eigenvalue weighted by atomic mass is 10.3. The number of aromatic nitrogens is 1. The lowest BCUT2D eigenvalue weighted by molar-refractivity contribution is -0.120. The van der Waals surface area contributed by atoms with Gasteiger partial charge in [0.2, 0.25) is 5.91 Å². The predicted molar refractivity (Wildman–Crippen MR) is 86.5 cm³/mol. The minimum absolute atomic E-state index is 0.00595. The molecule has 10 heteroatoms. The Bertz CT molecular complexity index is 863. The molecule has 1 aromatic heterocycles. The van der Waals surface area contributed by atoms with Crippen molar-refractivity contribution < 1.29 is 22.7 Å². The maximum Gasteiger partial charge on any atom is 0.257 e. The van der Waals surface area contributed by atoms with Crippen LogP contribution in [0.3, 0.4) is 0 Å². The van der Waals surface area contributed by atoms with Crippen LogP contribution in [0.5, 0.6) is 11.5 Å². The molecule has 0 aliphatic carbocycles. The highest BCUT2D eigenvalue weighted by Gasteiger charge is 2.20. The van der Waals surface area contributed by atoms with Gasteiger partial charge >= 0.3 is 0 Å². The first kappa shape index (κ1) is 16.7. The number of carbonyl (C=O) groups excluding carboxylic acids is 1. The number of hydrazine groups is 1. The molecule has 0 saturated carbocycles. The molecule has 1 aromatic carbocycles. The molecule has 3 rings (SSSR count). The Kier molecular flexibility index (Phi) is 4.69. The fraction of sp³-hybridized carbons (Fsp3) is 0.286. The largest absolute Gasteiger partial charge is 0.486 e. The fourth-order valence-electron chi connectivity index (χ4n) is 2.07. The van der Waals surface area contributed by atoms with Crippen molar-refractivity contribution in [2.45, 2.75) is 18.2 Å². The quantitative estimate of drug-likeness (QED) is 0.754. The monoisotopic (exact) mass is 369 g/mol. The van der Waals surface area contributed by atoms with E-state index in [2.05, 4.69) is 15.2 Å². The Labute approximate surface area is 142 Å². The fourth-order valence-corrected chi connectivity index (χ4v) is 3.56. The van der Waals surface area contributed by atoms with E-state index < -0.39 is 15.9 Å². The number of nitrogens with zero attached hydrogens (tertiary/aromatic N) is 1. The van der Waals surface area contributed by atoms with Gasteiger partial charge in [0.1, 0.15) is 13.2 Å². The summed E-state index contributed by atoms with van der Waals surface area (Å²) in [6.07, 6.45) is -0.00595. The molecule has 1 aliphatic heterocycles. The van der Waals surface area contributed by atoms with Crippen LogP contribution in [0, 0.1) is 6.92 Å². The second-order valence-electron chi connectivity index (χ2n) is 4.99. The summed E-state index contributed by atoms with van der Waals surface area (Å²) in [6, 6.07) is 4.25. The van der Waals surface area contributed by atoms with Gasteiger partial charge in [0.05, 0.1) is 22.0 Å². The number of fused-ring (bicyclic) bond motifs is 1. The summed E-state index contributed by atoms with van der Waals surface area (Å²) in [5.74, 6) is 0.345. The van der Waals surface area contributed by atoms with E-state index in [9.17, 15) is 13.2 Å². The Morgan fingerprint density at radius 1 is 1.29 bits per heavy atom. The van der Waals surface area contributed by atoms with Crippen molar-refractivity contribution >= 4 is 27.3 Å². The maximum atomic E-state index is 12.2. The number of benzene rings is 1. The SMILES string of the molecule is Cc1nc(CC(=O)NNS(=O)(=O)c2ccc3c(c2)OCCO3)cs1. The Balaban J connectivity index is 1.64. The molecule has 2 N–H and O–H groups in total. The summed E-state index contributed by atoms with van der Waals surface area (Å²) in [6.45, 7) is 2.61. The van der Waals surface area contributed by atoms with Gasteiger partial charge in [0, 0.05) is 11.4 Å². The Hall–Kier alpha value is -2.17. The minimum atomic E-state index is -3.91. The van der Waals surface area contributed by atoms with E-state index in [4.69, 9.17) is 9.47 Å². The minimum Gasteiger partial charge on any atom is -0.486 e. The predicted octanol–water partition coefficient (Wildman–Crippen LogP) is 0.775. The first-order valence-corrected chi connectivity index (χ1v) is 9.41. The smallest absolute Gasteiger partial charge is 0.257 e. The van der Waals surface area contributed by atoms with Gasteiger partial charge in [0.25, 0.3) is 10.0 Å². The van der Waals surface area contributed by atoms with E-state index in [1.54, 1.807) is 5.38 Å². The number of aryl methyl sites for hydroxylation is 1. The number of hydrogen-bond donors (Lipinski definition) is 2. The van der Waals surface area contributed by atoms with Gasteiger partial charge in [-0.15, -0.1) is 16.2 Å². The lowest BCUT2D eigenvalue weighted by Gasteiger charge is -2.18. The highest BCUT2D eigenvalue weighted by molar-refractivity contribution is 7.89. The van der Waals surface area contributed by atoms with Gasteiger partial charge in [-0.25, -0.2) is 13.4 Å². The zero-order valence-corrected chi connectivity index (χ0v) is 14.4.